The molecule has 0 radical (unpaired) electrons. The summed E-state index contributed by atoms with van der Waals surface area (Å²) in [5, 5.41) is 3.14. The second kappa shape index (κ2) is 5.87. The molecule has 112 valence electrons. The van der Waals surface area contributed by atoms with E-state index in [2.05, 4.69) is 5.32 Å². The summed E-state index contributed by atoms with van der Waals surface area (Å²) < 4.78 is 37.6. The molecule has 0 aromatic carbocycles. The molecule has 2 heterocycles. The van der Waals surface area contributed by atoms with Gasteiger partial charge in [0.05, 0.1) is 11.3 Å². The molecule has 2 aliphatic rings. The molecule has 0 saturated carbocycles. The summed E-state index contributed by atoms with van der Waals surface area (Å²) in [4.78, 5) is 13.9. The van der Waals surface area contributed by atoms with Gasteiger partial charge < -0.3 is 10.2 Å². The number of halogens is 4. The smallest absolute Gasteiger partial charge is 0.342 e. The van der Waals surface area contributed by atoms with Gasteiger partial charge in [-0.05, 0) is 32.7 Å². The molecule has 1 unspecified atom stereocenters. The Bertz CT molecular complexity index is 321. The number of alkyl halides is 3. The van der Waals surface area contributed by atoms with Crippen molar-refractivity contribution in [3.8, 4) is 0 Å². The van der Waals surface area contributed by atoms with E-state index in [4.69, 9.17) is 0 Å². The highest BCUT2D eigenvalue weighted by Gasteiger charge is 2.44. The van der Waals surface area contributed by atoms with Crippen LogP contribution in [0.5, 0.6) is 0 Å². The lowest BCUT2D eigenvalue weighted by molar-refractivity contribution is -0.187. The molecule has 0 bridgehead atoms. The zero-order valence-electron chi connectivity index (χ0n) is 10.9. The maximum absolute atomic E-state index is 12.5. The predicted molar refractivity (Wildman–Crippen MR) is 68.2 cm³/mol. The summed E-state index contributed by atoms with van der Waals surface area (Å²) in [5.41, 5.74) is -0.426. The Morgan fingerprint density at radius 2 is 1.89 bits per heavy atom. The van der Waals surface area contributed by atoms with Crippen molar-refractivity contribution in [2.24, 2.45) is 11.3 Å². The van der Waals surface area contributed by atoms with Gasteiger partial charge in [0.2, 0.25) is 5.91 Å². The molecule has 1 atom stereocenters. The van der Waals surface area contributed by atoms with Crippen LogP contribution in [0.2, 0.25) is 0 Å². The van der Waals surface area contributed by atoms with Gasteiger partial charge in [0.1, 0.15) is 0 Å². The number of rotatable bonds is 1. The topological polar surface area (TPSA) is 32.3 Å². The lowest BCUT2D eigenvalue weighted by Gasteiger charge is -2.37. The number of nitrogens with zero attached hydrogens (tertiary/aromatic N) is 1. The molecular weight excluding hydrogens is 281 g/mol. The highest BCUT2D eigenvalue weighted by molar-refractivity contribution is 5.85. The van der Waals surface area contributed by atoms with Gasteiger partial charge in [-0.15, -0.1) is 12.4 Å². The Labute approximate surface area is 117 Å². The van der Waals surface area contributed by atoms with Crippen LogP contribution in [-0.2, 0) is 4.79 Å². The van der Waals surface area contributed by atoms with Crippen LogP contribution < -0.4 is 5.32 Å². The van der Waals surface area contributed by atoms with Gasteiger partial charge in [0, 0.05) is 19.6 Å². The summed E-state index contributed by atoms with van der Waals surface area (Å²) in [6.07, 6.45) is -3.27. The van der Waals surface area contributed by atoms with Crippen LogP contribution >= 0.6 is 12.4 Å². The first-order chi connectivity index (χ1) is 8.33. The van der Waals surface area contributed by atoms with E-state index in [1.807, 2.05) is 6.92 Å². The van der Waals surface area contributed by atoms with E-state index >= 15 is 0 Å². The molecule has 2 rings (SSSR count). The molecule has 1 amide bonds. The van der Waals surface area contributed by atoms with Crippen molar-refractivity contribution in [2.75, 3.05) is 26.2 Å². The molecule has 2 saturated heterocycles. The van der Waals surface area contributed by atoms with Gasteiger partial charge in [-0.2, -0.15) is 13.2 Å². The maximum atomic E-state index is 12.5. The first-order valence-corrected chi connectivity index (χ1v) is 6.40. The van der Waals surface area contributed by atoms with Crippen LogP contribution in [0.15, 0.2) is 0 Å². The van der Waals surface area contributed by atoms with Crippen LogP contribution in [0.1, 0.15) is 26.2 Å². The minimum Gasteiger partial charge on any atom is -0.342 e. The zero-order chi connectivity index (χ0) is 13.4. The van der Waals surface area contributed by atoms with Crippen LogP contribution in [0.3, 0.4) is 0 Å². The van der Waals surface area contributed by atoms with Crippen molar-refractivity contribution < 1.29 is 18.0 Å². The van der Waals surface area contributed by atoms with E-state index < -0.39 is 17.5 Å². The van der Waals surface area contributed by atoms with Gasteiger partial charge in [0.15, 0.2) is 0 Å². The molecule has 7 heteroatoms. The number of likely N-dealkylation sites (tertiary alicyclic amines) is 1. The molecule has 3 nitrogen and oxygen atoms in total. The minimum atomic E-state index is -4.12. The third kappa shape index (κ3) is 3.54. The third-order valence-corrected chi connectivity index (χ3v) is 4.13. The second-order valence-corrected chi connectivity index (χ2v) is 5.60. The molecule has 0 aliphatic carbocycles. The number of amides is 1. The number of carbonyl (C=O) groups excluding carboxylic acids is 1. The highest BCUT2D eigenvalue weighted by atomic mass is 35.5. The SMILES string of the molecule is CC1(C(=O)N2CCC(C(F)(F)F)CC2)CCNC1.Cl. The van der Waals surface area contributed by atoms with Gasteiger partial charge in [-0.25, -0.2) is 0 Å². The molecule has 0 spiro atoms. The average molecular weight is 301 g/mol. The standard InChI is InChI=1S/C12H19F3N2O.ClH/c1-11(4-5-16-8-11)10(18)17-6-2-9(3-7-17)12(13,14)15;/h9,16H,2-8H2,1H3;1H. The average Bonchev–Trinajstić information content (AvgIpc) is 2.75. The van der Waals surface area contributed by atoms with E-state index in [1.165, 1.54) is 0 Å². The number of piperidine rings is 1. The second-order valence-electron chi connectivity index (χ2n) is 5.60. The molecular formula is C12H20ClF3N2O. The fourth-order valence-electron chi connectivity index (χ4n) is 2.79. The summed E-state index contributed by atoms with van der Waals surface area (Å²) in [6.45, 7) is 3.80. The number of hydrogen-bond acceptors (Lipinski definition) is 2. The normalized spacial score (nSPS) is 29.2. The Morgan fingerprint density at radius 1 is 1.32 bits per heavy atom. The quantitative estimate of drug-likeness (QED) is 0.805. The molecule has 2 aliphatic heterocycles. The molecule has 2 fully saturated rings. The summed E-state index contributed by atoms with van der Waals surface area (Å²) in [5.74, 6) is -1.23. The van der Waals surface area contributed by atoms with Crippen LogP contribution in [0.4, 0.5) is 13.2 Å². The van der Waals surface area contributed by atoms with E-state index in [-0.39, 0.29) is 44.2 Å². The fourth-order valence-corrected chi connectivity index (χ4v) is 2.79. The summed E-state index contributed by atoms with van der Waals surface area (Å²) in [6, 6.07) is 0. The summed E-state index contributed by atoms with van der Waals surface area (Å²) in [7, 11) is 0. The highest BCUT2D eigenvalue weighted by Crippen LogP contribution is 2.36. The van der Waals surface area contributed by atoms with Crippen molar-refractivity contribution >= 4 is 18.3 Å². The molecule has 1 N–H and O–H groups in total. The van der Waals surface area contributed by atoms with Crippen LogP contribution in [-0.4, -0.2) is 43.2 Å². The minimum absolute atomic E-state index is 0. The van der Waals surface area contributed by atoms with Gasteiger partial charge in [-0.1, -0.05) is 0 Å². The van der Waals surface area contributed by atoms with Gasteiger partial charge >= 0.3 is 6.18 Å². The van der Waals surface area contributed by atoms with E-state index in [9.17, 15) is 18.0 Å². The Balaban J connectivity index is 0.00000180. The van der Waals surface area contributed by atoms with Crippen LogP contribution in [0, 0.1) is 11.3 Å². The first kappa shape index (κ1) is 16.6. The van der Waals surface area contributed by atoms with E-state index in [1.54, 1.807) is 4.90 Å². The zero-order valence-corrected chi connectivity index (χ0v) is 11.7. The monoisotopic (exact) mass is 300 g/mol. The van der Waals surface area contributed by atoms with Crippen LogP contribution in [0.25, 0.3) is 0 Å². The van der Waals surface area contributed by atoms with Crippen molar-refractivity contribution in [1.29, 1.82) is 0 Å². The molecule has 0 aromatic rings. The largest absolute Gasteiger partial charge is 0.391 e. The lowest BCUT2D eigenvalue weighted by Crippen LogP contribution is -2.48. The molecule has 19 heavy (non-hydrogen) atoms. The predicted octanol–water partition coefficient (Wildman–Crippen LogP) is 2.21. The Kier molecular flexibility index (Phi) is 5.12. The first-order valence-electron chi connectivity index (χ1n) is 6.40. The lowest BCUT2D eigenvalue weighted by atomic mass is 9.86. The summed E-state index contributed by atoms with van der Waals surface area (Å²) >= 11 is 0. The van der Waals surface area contributed by atoms with Crippen molar-refractivity contribution in [2.45, 2.75) is 32.4 Å². The number of carbonyl (C=O) groups is 1. The van der Waals surface area contributed by atoms with Gasteiger partial charge in [-0.3, -0.25) is 4.79 Å². The number of hydrogen-bond donors (Lipinski definition) is 1. The number of nitrogens with one attached hydrogen (secondary N) is 1. The van der Waals surface area contributed by atoms with Crippen molar-refractivity contribution in [3.63, 3.8) is 0 Å². The molecule has 0 aromatic heterocycles. The van der Waals surface area contributed by atoms with Crippen molar-refractivity contribution in [3.05, 3.63) is 0 Å². The fraction of sp³-hybridized carbons (Fsp3) is 0.917. The van der Waals surface area contributed by atoms with Crippen molar-refractivity contribution in [1.82, 2.24) is 10.2 Å². The van der Waals surface area contributed by atoms with E-state index in [0.717, 1.165) is 13.0 Å². The van der Waals surface area contributed by atoms with Gasteiger partial charge in [0.25, 0.3) is 0 Å². The Hall–Kier alpha value is -0.490. The maximum Gasteiger partial charge on any atom is 0.391 e. The Morgan fingerprint density at radius 3 is 2.32 bits per heavy atom. The third-order valence-electron chi connectivity index (χ3n) is 4.13. The van der Waals surface area contributed by atoms with E-state index in [0.29, 0.717) is 6.54 Å².